The van der Waals surface area contributed by atoms with Crippen molar-refractivity contribution < 1.29 is 9.13 Å². The zero-order valence-electron chi connectivity index (χ0n) is 11.6. The number of aromatic nitrogens is 1. The minimum Gasteiger partial charge on any atom is -0.372 e. The molecule has 106 valence electrons. The van der Waals surface area contributed by atoms with Crippen molar-refractivity contribution in [1.29, 1.82) is 0 Å². The van der Waals surface area contributed by atoms with Gasteiger partial charge in [0.15, 0.2) is 0 Å². The first-order valence-electron chi connectivity index (χ1n) is 6.80. The van der Waals surface area contributed by atoms with Gasteiger partial charge in [0, 0.05) is 23.9 Å². The molecule has 4 heteroatoms. The summed E-state index contributed by atoms with van der Waals surface area (Å²) >= 11 is 0. The zero-order chi connectivity index (χ0) is 14.2. The standard InChI is InChI=1S/C16H19FN2O/c1-2-9-18-16-14(7-5-10-19-16)12-20-11-13-6-3-4-8-15(13)17/h3-8,10H,2,9,11-12H2,1H3,(H,18,19). The van der Waals surface area contributed by atoms with Crippen molar-refractivity contribution in [3.05, 3.63) is 59.5 Å². The molecule has 3 nitrogen and oxygen atoms in total. The van der Waals surface area contributed by atoms with E-state index in [0.29, 0.717) is 12.2 Å². The van der Waals surface area contributed by atoms with Crippen LogP contribution in [0.1, 0.15) is 24.5 Å². The fourth-order valence-corrected chi connectivity index (χ4v) is 1.84. The summed E-state index contributed by atoms with van der Waals surface area (Å²) in [5.41, 5.74) is 1.55. The van der Waals surface area contributed by atoms with Crippen LogP contribution in [-0.2, 0) is 18.0 Å². The first-order valence-corrected chi connectivity index (χ1v) is 6.80. The number of nitrogens with zero attached hydrogens (tertiary/aromatic N) is 1. The molecule has 0 bridgehead atoms. The van der Waals surface area contributed by atoms with Gasteiger partial charge in [-0.15, -0.1) is 0 Å². The lowest BCUT2D eigenvalue weighted by Crippen LogP contribution is -2.06. The summed E-state index contributed by atoms with van der Waals surface area (Å²) in [4.78, 5) is 4.29. The van der Waals surface area contributed by atoms with E-state index in [1.54, 1.807) is 24.4 Å². The van der Waals surface area contributed by atoms with Crippen LogP contribution in [0.25, 0.3) is 0 Å². The molecule has 0 spiro atoms. The maximum absolute atomic E-state index is 13.5. The molecular weight excluding hydrogens is 255 g/mol. The predicted molar refractivity (Wildman–Crippen MR) is 77.9 cm³/mol. The third-order valence-electron chi connectivity index (χ3n) is 2.91. The van der Waals surface area contributed by atoms with E-state index < -0.39 is 0 Å². The molecule has 0 saturated carbocycles. The number of benzene rings is 1. The minimum absolute atomic E-state index is 0.233. The molecule has 2 rings (SSSR count). The monoisotopic (exact) mass is 274 g/mol. The van der Waals surface area contributed by atoms with Gasteiger partial charge in [0.1, 0.15) is 11.6 Å². The third kappa shape index (κ3) is 4.03. The van der Waals surface area contributed by atoms with Crippen molar-refractivity contribution >= 4 is 5.82 Å². The molecule has 0 aliphatic carbocycles. The van der Waals surface area contributed by atoms with E-state index in [0.717, 1.165) is 24.3 Å². The van der Waals surface area contributed by atoms with E-state index in [4.69, 9.17) is 4.74 Å². The molecule has 1 heterocycles. The summed E-state index contributed by atoms with van der Waals surface area (Å²) in [6.45, 7) is 3.64. The number of anilines is 1. The Bertz CT molecular complexity index is 546. The van der Waals surface area contributed by atoms with Crippen molar-refractivity contribution in [2.24, 2.45) is 0 Å². The van der Waals surface area contributed by atoms with E-state index in [2.05, 4.69) is 17.2 Å². The SMILES string of the molecule is CCCNc1ncccc1COCc1ccccc1F. The zero-order valence-corrected chi connectivity index (χ0v) is 11.6. The number of rotatable bonds is 7. The molecule has 0 fully saturated rings. The van der Waals surface area contributed by atoms with Crippen LogP contribution in [0.2, 0.25) is 0 Å². The largest absolute Gasteiger partial charge is 0.372 e. The Hall–Kier alpha value is -1.94. The number of halogens is 1. The minimum atomic E-state index is -0.233. The van der Waals surface area contributed by atoms with Crippen LogP contribution in [0.15, 0.2) is 42.6 Å². The van der Waals surface area contributed by atoms with E-state index >= 15 is 0 Å². The molecule has 0 radical (unpaired) electrons. The summed E-state index contributed by atoms with van der Waals surface area (Å²) < 4.78 is 19.0. The third-order valence-corrected chi connectivity index (χ3v) is 2.91. The van der Waals surface area contributed by atoms with Crippen molar-refractivity contribution in [3.8, 4) is 0 Å². The molecule has 0 saturated heterocycles. The fraction of sp³-hybridized carbons (Fsp3) is 0.312. The first-order chi connectivity index (χ1) is 9.81. The summed E-state index contributed by atoms with van der Waals surface area (Å²) in [7, 11) is 0. The van der Waals surface area contributed by atoms with Gasteiger partial charge in [0.25, 0.3) is 0 Å². The Morgan fingerprint density at radius 1 is 1.10 bits per heavy atom. The van der Waals surface area contributed by atoms with Crippen molar-refractivity contribution in [2.45, 2.75) is 26.6 Å². The number of nitrogens with one attached hydrogen (secondary N) is 1. The van der Waals surface area contributed by atoms with Crippen LogP contribution >= 0.6 is 0 Å². The number of hydrogen-bond donors (Lipinski definition) is 1. The molecule has 1 N–H and O–H groups in total. The van der Waals surface area contributed by atoms with Crippen molar-refractivity contribution in [2.75, 3.05) is 11.9 Å². The summed E-state index contributed by atoms with van der Waals surface area (Å²) in [6, 6.07) is 10.5. The molecule has 0 amide bonds. The number of ether oxygens (including phenoxy) is 1. The van der Waals surface area contributed by atoms with E-state index in [9.17, 15) is 4.39 Å². The highest BCUT2D eigenvalue weighted by molar-refractivity contribution is 5.43. The fourth-order valence-electron chi connectivity index (χ4n) is 1.84. The summed E-state index contributed by atoms with van der Waals surface area (Å²) in [5.74, 6) is 0.603. The van der Waals surface area contributed by atoms with Gasteiger partial charge in [0.2, 0.25) is 0 Å². The topological polar surface area (TPSA) is 34.2 Å². The van der Waals surface area contributed by atoms with Gasteiger partial charge in [-0.3, -0.25) is 0 Å². The van der Waals surface area contributed by atoms with Gasteiger partial charge in [-0.25, -0.2) is 9.37 Å². The van der Waals surface area contributed by atoms with E-state index in [-0.39, 0.29) is 12.4 Å². The highest BCUT2D eigenvalue weighted by Gasteiger charge is 2.04. The quantitative estimate of drug-likeness (QED) is 0.834. The lowest BCUT2D eigenvalue weighted by molar-refractivity contribution is 0.105. The average Bonchev–Trinajstić information content (AvgIpc) is 2.48. The predicted octanol–water partition coefficient (Wildman–Crippen LogP) is 3.76. The number of pyridine rings is 1. The van der Waals surface area contributed by atoms with Gasteiger partial charge in [-0.2, -0.15) is 0 Å². The average molecular weight is 274 g/mol. The van der Waals surface area contributed by atoms with E-state index in [1.807, 2.05) is 12.1 Å². The lowest BCUT2D eigenvalue weighted by Gasteiger charge is -2.11. The maximum Gasteiger partial charge on any atom is 0.131 e. The molecule has 0 aliphatic rings. The highest BCUT2D eigenvalue weighted by atomic mass is 19.1. The van der Waals surface area contributed by atoms with Crippen LogP contribution in [0.5, 0.6) is 0 Å². The second-order valence-electron chi connectivity index (χ2n) is 4.52. The van der Waals surface area contributed by atoms with Crippen molar-refractivity contribution in [3.63, 3.8) is 0 Å². The first kappa shape index (κ1) is 14.5. The van der Waals surface area contributed by atoms with Crippen LogP contribution in [0.4, 0.5) is 10.2 Å². The van der Waals surface area contributed by atoms with Gasteiger partial charge in [-0.05, 0) is 18.6 Å². The molecule has 0 aliphatic heterocycles. The van der Waals surface area contributed by atoms with E-state index in [1.165, 1.54) is 6.07 Å². The van der Waals surface area contributed by atoms with Crippen molar-refractivity contribution in [1.82, 2.24) is 4.98 Å². The molecular formula is C16H19FN2O. The molecule has 2 aromatic rings. The van der Waals surface area contributed by atoms with Crippen LogP contribution in [0.3, 0.4) is 0 Å². The molecule has 1 aromatic heterocycles. The Labute approximate surface area is 118 Å². The lowest BCUT2D eigenvalue weighted by atomic mass is 10.2. The Morgan fingerprint density at radius 2 is 1.85 bits per heavy atom. The smallest absolute Gasteiger partial charge is 0.131 e. The number of hydrogen-bond acceptors (Lipinski definition) is 3. The summed E-state index contributed by atoms with van der Waals surface area (Å²) in [6.07, 6.45) is 2.78. The van der Waals surface area contributed by atoms with Gasteiger partial charge in [0.05, 0.1) is 13.2 Å². The Balaban J connectivity index is 1.92. The summed E-state index contributed by atoms with van der Waals surface area (Å²) in [5, 5.41) is 3.26. The van der Waals surface area contributed by atoms with Gasteiger partial charge >= 0.3 is 0 Å². The van der Waals surface area contributed by atoms with Crippen LogP contribution < -0.4 is 5.32 Å². The Kier molecular flexibility index (Phi) is 5.50. The van der Waals surface area contributed by atoms with Gasteiger partial charge < -0.3 is 10.1 Å². The Morgan fingerprint density at radius 3 is 2.65 bits per heavy atom. The van der Waals surface area contributed by atoms with Gasteiger partial charge in [-0.1, -0.05) is 31.2 Å². The maximum atomic E-state index is 13.5. The molecule has 1 aromatic carbocycles. The molecule has 0 unspecified atom stereocenters. The molecule has 0 atom stereocenters. The second-order valence-corrected chi connectivity index (χ2v) is 4.52. The second kappa shape index (κ2) is 7.60. The normalized spacial score (nSPS) is 10.5. The highest BCUT2D eigenvalue weighted by Crippen LogP contribution is 2.14. The van der Waals surface area contributed by atoms with Crippen LogP contribution in [-0.4, -0.2) is 11.5 Å². The molecule has 20 heavy (non-hydrogen) atoms. The van der Waals surface area contributed by atoms with Crippen LogP contribution in [0, 0.1) is 5.82 Å².